The molecule has 1 fully saturated rings. The van der Waals surface area contributed by atoms with Gasteiger partial charge in [0.2, 0.25) is 0 Å². The predicted octanol–water partition coefficient (Wildman–Crippen LogP) is 2.20. The van der Waals surface area contributed by atoms with E-state index in [-0.39, 0.29) is 11.9 Å². The van der Waals surface area contributed by atoms with Gasteiger partial charge in [0.05, 0.1) is 24.9 Å². The summed E-state index contributed by atoms with van der Waals surface area (Å²) in [4.78, 5) is 0. The summed E-state index contributed by atoms with van der Waals surface area (Å²) in [5.74, 6) is 0.138. The number of alkyl halides is 3. The van der Waals surface area contributed by atoms with Crippen LogP contribution in [0.1, 0.15) is 18.4 Å². The van der Waals surface area contributed by atoms with Crippen LogP contribution in [0.4, 0.5) is 18.9 Å². The van der Waals surface area contributed by atoms with E-state index < -0.39 is 17.8 Å². The number of aliphatic hydroxyl groups is 1. The summed E-state index contributed by atoms with van der Waals surface area (Å²) in [6.45, 7) is 0.620. The third-order valence-electron chi connectivity index (χ3n) is 3.19. The van der Waals surface area contributed by atoms with Gasteiger partial charge in [-0.3, -0.25) is 5.32 Å². The van der Waals surface area contributed by atoms with E-state index in [1.807, 2.05) is 0 Å². The lowest BCUT2D eigenvalue weighted by Crippen LogP contribution is -2.45. The lowest BCUT2D eigenvalue weighted by Gasteiger charge is -2.29. The molecule has 7 heteroatoms. The second-order valence-corrected chi connectivity index (χ2v) is 4.78. The van der Waals surface area contributed by atoms with Crippen LogP contribution in [0, 0.1) is 0 Å². The molecule has 4 nitrogen and oxygen atoms in total. The first kappa shape index (κ1) is 14.9. The van der Waals surface area contributed by atoms with Gasteiger partial charge in [0.15, 0.2) is 0 Å². The lowest BCUT2D eigenvalue weighted by molar-refractivity contribution is -0.137. The molecule has 0 bridgehead atoms. The van der Waals surface area contributed by atoms with E-state index in [4.69, 9.17) is 4.74 Å². The van der Waals surface area contributed by atoms with Crippen LogP contribution >= 0.6 is 0 Å². The first-order chi connectivity index (χ1) is 9.38. The van der Waals surface area contributed by atoms with Crippen LogP contribution in [-0.2, 0) is 6.18 Å². The van der Waals surface area contributed by atoms with Crippen molar-refractivity contribution in [1.29, 1.82) is 0 Å². The fraction of sp³-hybridized carbons (Fsp3) is 0.538. The Morgan fingerprint density at radius 2 is 2.10 bits per heavy atom. The van der Waals surface area contributed by atoms with Crippen molar-refractivity contribution < 1.29 is 23.0 Å². The van der Waals surface area contributed by atoms with Gasteiger partial charge in [0.25, 0.3) is 0 Å². The van der Waals surface area contributed by atoms with Crippen molar-refractivity contribution in [2.45, 2.75) is 31.3 Å². The number of benzene rings is 1. The van der Waals surface area contributed by atoms with Crippen LogP contribution < -0.4 is 15.4 Å². The summed E-state index contributed by atoms with van der Waals surface area (Å²) in [6.07, 6.45) is -4.04. The van der Waals surface area contributed by atoms with Crippen molar-refractivity contribution in [2.24, 2.45) is 0 Å². The normalized spacial score (nSPS) is 23.4. The van der Waals surface area contributed by atoms with Crippen LogP contribution in [0.25, 0.3) is 0 Å². The van der Waals surface area contributed by atoms with Crippen LogP contribution in [0.3, 0.4) is 0 Å². The van der Waals surface area contributed by atoms with Gasteiger partial charge in [0, 0.05) is 18.2 Å². The average molecular weight is 290 g/mol. The fourth-order valence-corrected chi connectivity index (χ4v) is 2.17. The molecule has 2 unspecified atom stereocenters. The molecule has 0 spiro atoms. The van der Waals surface area contributed by atoms with Crippen LogP contribution in [-0.4, -0.2) is 31.0 Å². The monoisotopic (exact) mass is 290 g/mol. The molecule has 0 saturated carbocycles. The number of hydrogen-bond donors (Lipinski definition) is 3. The van der Waals surface area contributed by atoms with Crippen molar-refractivity contribution >= 4 is 5.69 Å². The Morgan fingerprint density at radius 1 is 1.35 bits per heavy atom. The quantitative estimate of drug-likeness (QED) is 0.799. The second-order valence-electron chi connectivity index (χ2n) is 4.78. The number of ether oxygens (including phenoxy) is 1. The molecule has 1 aromatic carbocycles. The Labute approximate surface area is 114 Å². The van der Waals surface area contributed by atoms with E-state index in [0.717, 1.165) is 12.1 Å². The Bertz CT molecular complexity index is 465. The highest BCUT2D eigenvalue weighted by molar-refractivity contribution is 5.52. The number of hydrogen-bond acceptors (Lipinski definition) is 4. The maximum atomic E-state index is 12.8. The highest BCUT2D eigenvalue weighted by Crippen LogP contribution is 2.34. The number of methoxy groups -OCH3 is 1. The van der Waals surface area contributed by atoms with Gasteiger partial charge < -0.3 is 15.2 Å². The molecule has 0 amide bonds. The zero-order valence-electron chi connectivity index (χ0n) is 11.0. The van der Waals surface area contributed by atoms with Crippen LogP contribution in [0.2, 0.25) is 0 Å². The summed E-state index contributed by atoms with van der Waals surface area (Å²) in [7, 11) is 1.32. The molecule has 1 aromatic rings. The van der Waals surface area contributed by atoms with Gasteiger partial charge in [-0.2, -0.15) is 13.2 Å². The maximum absolute atomic E-state index is 12.8. The number of nitrogens with one attached hydrogen (secondary N) is 2. The molecule has 2 rings (SSSR count). The third kappa shape index (κ3) is 3.77. The van der Waals surface area contributed by atoms with E-state index in [1.54, 1.807) is 0 Å². The summed E-state index contributed by atoms with van der Waals surface area (Å²) in [6, 6.07) is 3.48. The molecule has 20 heavy (non-hydrogen) atoms. The predicted molar refractivity (Wildman–Crippen MR) is 68.7 cm³/mol. The van der Waals surface area contributed by atoms with E-state index in [1.165, 1.54) is 13.2 Å². The summed E-state index contributed by atoms with van der Waals surface area (Å²) in [5, 5.41) is 15.6. The van der Waals surface area contributed by atoms with E-state index in [9.17, 15) is 18.3 Å². The molecule has 0 aliphatic carbocycles. The van der Waals surface area contributed by atoms with Crippen molar-refractivity contribution in [3.05, 3.63) is 23.8 Å². The number of anilines is 1. The number of piperidine rings is 1. The molecule has 1 heterocycles. The lowest BCUT2D eigenvalue weighted by atomic mass is 10.1. The number of halogens is 3. The Kier molecular flexibility index (Phi) is 4.39. The summed E-state index contributed by atoms with van der Waals surface area (Å²) >= 11 is 0. The van der Waals surface area contributed by atoms with Crippen LogP contribution in [0.5, 0.6) is 5.75 Å². The largest absolute Gasteiger partial charge is 0.497 e. The van der Waals surface area contributed by atoms with Crippen molar-refractivity contribution in [1.82, 2.24) is 5.32 Å². The van der Waals surface area contributed by atoms with Gasteiger partial charge >= 0.3 is 6.18 Å². The highest BCUT2D eigenvalue weighted by atomic mass is 19.4. The molecular formula is C13H17F3N2O2. The zero-order valence-corrected chi connectivity index (χ0v) is 11.0. The van der Waals surface area contributed by atoms with Crippen molar-refractivity contribution in [2.75, 3.05) is 19.0 Å². The summed E-state index contributed by atoms with van der Waals surface area (Å²) in [5.41, 5.74) is -0.459. The molecule has 0 radical (unpaired) electrons. The van der Waals surface area contributed by atoms with Gasteiger partial charge in [-0.25, -0.2) is 0 Å². The molecule has 0 aromatic heterocycles. The molecular weight excluding hydrogens is 273 g/mol. The Balaban J connectivity index is 2.18. The molecule has 2 atom stereocenters. The van der Waals surface area contributed by atoms with Gasteiger partial charge in [-0.15, -0.1) is 0 Å². The average Bonchev–Trinajstić information content (AvgIpc) is 2.37. The first-order valence-corrected chi connectivity index (χ1v) is 6.33. The minimum Gasteiger partial charge on any atom is -0.497 e. The van der Waals surface area contributed by atoms with Crippen LogP contribution in [0.15, 0.2) is 18.2 Å². The van der Waals surface area contributed by atoms with E-state index in [2.05, 4.69) is 10.6 Å². The SMILES string of the molecule is COc1cc(NC2CC(O)CCN2)cc(C(F)(F)F)c1. The molecule has 1 aliphatic heterocycles. The minimum atomic E-state index is -4.43. The van der Waals surface area contributed by atoms with E-state index >= 15 is 0 Å². The van der Waals surface area contributed by atoms with Crippen molar-refractivity contribution in [3.63, 3.8) is 0 Å². The molecule has 3 N–H and O–H groups in total. The maximum Gasteiger partial charge on any atom is 0.416 e. The fourth-order valence-electron chi connectivity index (χ4n) is 2.17. The topological polar surface area (TPSA) is 53.5 Å². The zero-order chi connectivity index (χ0) is 14.8. The molecule has 1 saturated heterocycles. The first-order valence-electron chi connectivity index (χ1n) is 6.33. The summed E-state index contributed by atoms with van der Waals surface area (Å²) < 4.78 is 43.2. The Morgan fingerprint density at radius 3 is 2.70 bits per heavy atom. The second kappa shape index (κ2) is 5.88. The van der Waals surface area contributed by atoms with Gasteiger partial charge in [-0.05, 0) is 25.1 Å². The van der Waals surface area contributed by atoms with Gasteiger partial charge in [-0.1, -0.05) is 0 Å². The molecule has 1 aliphatic rings. The third-order valence-corrected chi connectivity index (χ3v) is 3.19. The Hall–Kier alpha value is -1.47. The smallest absolute Gasteiger partial charge is 0.416 e. The van der Waals surface area contributed by atoms with Gasteiger partial charge in [0.1, 0.15) is 5.75 Å². The number of rotatable bonds is 3. The standard InChI is InChI=1S/C13H17F3N2O2/c1-20-11-5-8(13(14,15)16)4-9(6-11)18-12-7-10(19)2-3-17-12/h4-6,10,12,17-19H,2-3,7H2,1H3. The van der Waals surface area contributed by atoms with E-state index in [0.29, 0.717) is 25.1 Å². The minimum absolute atomic E-state index is 0.138. The number of aliphatic hydroxyl groups excluding tert-OH is 1. The highest BCUT2D eigenvalue weighted by Gasteiger charge is 2.31. The van der Waals surface area contributed by atoms with Crippen molar-refractivity contribution in [3.8, 4) is 5.75 Å². The molecule has 112 valence electrons.